The summed E-state index contributed by atoms with van der Waals surface area (Å²) in [5.74, 6) is 2.18. The van der Waals surface area contributed by atoms with Crippen LogP contribution in [0.15, 0.2) is 34.5 Å². The van der Waals surface area contributed by atoms with Gasteiger partial charge in [0.2, 0.25) is 5.78 Å². The molecule has 0 saturated heterocycles. The number of ether oxygens (including phenoxy) is 4. The molecule has 2 aromatic carbocycles. The molecular weight excluding hydrogens is 438 g/mol. The molecule has 7 heteroatoms. The normalized spacial score (nSPS) is 17.0. The van der Waals surface area contributed by atoms with Crippen LogP contribution in [0.25, 0.3) is 6.08 Å². The summed E-state index contributed by atoms with van der Waals surface area (Å²) in [7, 11) is 3.28. The van der Waals surface area contributed by atoms with E-state index in [-0.39, 0.29) is 11.5 Å². The van der Waals surface area contributed by atoms with Gasteiger partial charge in [0, 0.05) is 30.2 Å². The van der Waals surface area contributed by atoms with Crippen LogP contribution in [-0.2, 0) is 11.3 Å². The Bertz CT molecular complexity index is 1000. The molecule has 29 heavy (non-hydrogen) atoms. The maximum absolute atomic E-state index is 13.1. The number of carbonyl (C=O) groups excluding carboxylic acids is 1. The van der Waals surface area contributed by atoms with Gasteiger partial charge in [0.25, 0.3) is 0 Å². The van der Waals surface area contributed by atoms with Gasteiger partial charge in [0.1, 0.15) is 24.0 Å². The molecule has 0 spiro atoms. The first-order valence-corrected chi connectivity index (χ1v) is 10.1. The van der Waals surface area contributed by atoms with E-state index >= 15 is 0 Å². The monoisotopic (exact) mass is 459 g/mol. The quantitative estimate of drug-likeness (QED) is 0.625. The highest BCUT2D eigenvalue weighted by molar-refractivity contribution is 9.10. The molecule has 4 rings (SSSR count). The fourth-order valence-electron chi connectivity index (χ4n) is 3.60. The number of benzene rings is 2. The van der Waals surface area contributed by atoms with E-state index in [0.29, 0.717) is 36.9 Å². The van der Waals surface area contributed by atoms with Crippen molar-refractivity contribution in [3.8, 4) is 17.2 Å². The van der Waals surface area contributed by atoms with Gasteiger partial charge < -0.3 is 18.9 Å². The highest BCUT2D eigenvalue weighted by atomic mass is 79.9. The maximum atomic E-state index is 13.1. The van der Waals surface area contributed by atoms with Crippen LogP contribution in [-0.4, -0.2) is 44.8 Å². The summed E-state index contributed by atoms with van der Waals surface area (Å²) >= 11 is 3.46. The number of methoxy groups -OCH3 is 2. The van der Waals surface area contributed by atoms with E-state index in [4.69, 9.17) is 18.9 Å². The van der Waals surface area contributed by atoms with Gasteiger partial charge in [0.15, 0.2) is 5.76 Å². The van der Waals surface area contributed by atoms with Crippen molar-refractivity contribution in [2.45, 2.75) is 13.5 Å². The Morgan fingerprint density at radius 2 is 2.10 bits per heavy atom. The molecule has 2 aliphatic rings. The van der Waals surface area contributed by atoms with Crippen molar-refractivity contribution in [2.24, 2.45) is 0 Å². The molecule has 2 heterocycles. The number of halogens is 1. The van der Waals surface area contributed by atoms with E-state index < -0.39 is 0 Å². The zero-order chi connectivity index (χ0) is 20.5. The van der Waals surface area contributed by atoms with Crippen LogP contribution in [0, 0.1) is 6.92 Å². The second-order valence-corrected chi connectivity index (χ2v) is 7.93. The first kappa shape index (κ1) is 19.9. The minimum atomic E-state index is -0.128. The second-order valence-electron chi connectivity index (χ2n) is 7.02. The van der Waals surface area contributed by atoms with E-state index in [1.165, 1.54) is 0 Å². The van der Waals surface area contributed by atoms with Crippen LogP contribution in [0.4, 0.5) is 0 Å². The third-order valence-electron chi connectivity index (χ3n) is 5.08. The number of rotatable bonds is 5. The standard InChI is InChI=1S/C22H22BrNO5/c1-13-8-18-16(11-24(12-28-18)6-7-26-2)22-20(13)21(25)19(29-22)10-14-9-15(23)4-5-17(14)27-3/h4-5,8-10H,6-7,11-12H2,1-3H3/b19-10-. The van der Waals surface area contributed by atoms with Crippen LogP contribution >= 0.6 is 15.9 Å². The van der Waals surface area contributed by atoms with Crippen molar-refractivity contribution in [3.63, 3.8) is 0 Å². The fourth-order valence-corrected chi connectivity index (χ4v) is 3.98. The average Bonchev–Trinajstić information content (AvgIpc) is 3.04. The topological polar surface area (TPSA) is 57.2 Å². The van der Waals surface area contributed by atoms with Gasteiger partial charge in [-0.2, -0.15) is 0 Å². The van der Waals surface area contributed by atoms with Crippen LogP contribution in [0.1, 0.15) is 27.0 Å². The number of aryl methyl sites for hydroxylation is 1. The van der Waals surface area contributed by atoms with Crippen LogP contribution < -0.4 is 14.2 Å². The van der Waals surface area contributed by atoms with E-state index in [1.54, 1.807) is 20.3 Å². The van der Waals surface area contributed by atoms with Crippen molar-refractivity contribution in [2.75, 3.05) is 34.1 Å². The Labute approximate surface area is 178 Å². The molecule has 0 fully saturated rings. The number of hydrogen-bond donors (Lipinski definition) is 0. The number of nitrogens with zero attached hydrogens (tertiary/aromatic N) is 1. The molecule has 152 valence electrons. The molecule has 0 amide bonds. The number of hydrogen-bond acceptors (Lipinski definition) is 6. The molecule has 0 radical (unpaired) electrons. The zero-order valence-corrected chi connectivity index (χ0v) is 18.2. The molecule has 0 aromatic heterocycles. The Hall–Kier alpha value is -2.35. The van der Waals surface area contributed by atoms with Crippen molar-refractivity contribution in [3.05, 3.63) is 56.8 Å². The molecule has 0 N–H and O–H groups in total. The van der Waals surface area contributed by atoms with Crippen LogP contribution in [0.3, 0.4) is 0 Å². The molecule has 2 aliphatic heterocycles. The number of Topliss-reactive ketones (excluding diaryl/α,β-unsaturated/α-hetero) is 1. The van der Waals surface area contributed by atoms with Gasteiger partial charge in [0.05, 0.1) is 24.8 Å². The lowest BCUT2D eigenvalue weighted by Gasteiger charge is -2.29. The smallest absolute Gasteiger partial charge is 0.232 e. The third-order valence-corrected chi connectivity index (χ3v) is 5.57. The summed E-state index contributed by atoms with van der Waals surface area (Å²) in [5.41, 5.74) is 3.10. The van der Waals surface area contributed by atoms with E-state index in [0.717, 1.165) is 33.5 Å². The molecule has 0 unspecified atom stereocenters. The van der Waals surface area contributed by atoms with E-state index in [1.807, 2.05) is 31.2 Å². The summed E-state index contributed by atoms with van der Waals surface area (Å²) in [6.45, 7) is 4.39. The molecule has 6 nitrogen and oxygen atoms in total. The average molecular weight is 460 g/mol. The van der Waals surface area contributed by atoms with Gasteiger partial charge in [-0.15, -0.1) is 0 Å². The predicted molar refractivity (Wildman–Crippen MR) is 113 cm³/mol. The lowest BCUT2D eigenvalue weighted by Crippen LogP contribution is -2.34. The molecule has 0 atom stereocenters. The number of fused-ring (bicyclic) bond motifs is 3. The third kappa shape index (κ3) is 3.77. The summed E-state index contributed by atoms with van der Waals surface area (Å²) in [4.78, 5) is 15.2. The fraction of sp³-hybridized carbons (Fsp3) is 0.318. The lowest BCUT2D eigenvalue weighted by molar-refractivity contribution is 0.0646. The van der Waals surface area contributed by atoms with Gasteiger partial charge >= 0.3 is 0 Å². The molecule has 0 aliphatic carbocycles. The highest BCUT2D eigenvalue weighted by Crippen LogP contribution is 2.44. The summed E-state index contributed by atoms with van der Waals surface area (Å²) < 4.78 is 23.5. The van der Waals surface area contributed by atoms with E-state index in [2.05, 4.69) is 20.8 Å². The molecular formula is C22H22BrNO5. The summed E-state index contributed by atoms with van der Waals surface area (Å²) in [6, 6.07) is 7.55. The highest BCUT2D eigenvalue weighted by Gasteiger charge is 2.35. The van der Waals surface area contributed by atoms with Crippen molar-refractivity contribution in [1.82, 2.24) is 4.90 Å². The predicted octanol–water partition coefficient (Wildman–Crippen LogP) is 4.18. The lowest BCUT2D eigenvalue weighted by atomic mass is 9.98. The first-order chi connectivity index (χ1) is 14.0. The SMILES string of the molecule is COCCN1COc2cc(C)c3c(c2C1)O/C(=C\c1cc(Br)ccc1OC)C3=O. The van der Waals surface area contributed by atoms with Crippen molar-refractivity contribution >= 4 is 27.8 Å². The van der Waals surface area contributed by atoms with Gasteiger partial charge in [-0.05, 0) is 42.8 Å². The van der Waals surface area contributed by atoms with E-state index in [9.17, 15) is 4.79 Å². The first-order valence-electron chi connectivity index (χ1n) is 9.30. The minimum Gasteiger partial charge on any atom is -0.496 e. The number of allylic oxidation sites excluding steroid dienone is 1. The van der Waals surface area contributed by atoms with Crippen molar-refractivity contribution in [1.29, 1.82) is 0 Å². The van der Waals surface area contributed by atoms with Gasteiger partial charge in [-0.25, -0.2) is 0 Å². The Morgan fingerprint density at radius 3 is 2.86 bits per heavy atom. The van der Waals surface area contributed by atoms with Crippen molar-refractivity contribution < 1.29 is 23.7 Å². The Morgan fingerprint density at radius 1 is 1.28 bits per heavy atom. The van der Waals surface area contributed by atoms with Gasteiger partial charge in [-0.3, -0.25) is 9.69 Å². The molecule has 0 saturated carbocycles. The Kier molecular flexibility index (Phi) is 5.63. The maximum Gasteiger partial charge on any atom is 0.232 e. The number of carbonyl (C=O) groups is 1. The minimum absolute atomic E-state index is 0.128. The largest absolute Gasteiger partial charge is 0.496 e. The molecule has 0 bridgehead atoms. The van der Waals surface area contributed by atoms with Crippen LogP contribution in [0.2, 0.25) is 0 Å². The second kappa shape index (κ2) is 8.18. The van der Waals surface area contributed by atoms with Gasteiger partial charge in [-0.1, -0.05) is 15.9 Å². The number of ketones is 1. The summed E-state index contributed by atoms with van der Waals surface area (Å²) in [5, 5.41) is 0. The van der Waals surface area contributed by atoms with Crippen LogP contribution in [0.5, 0.6) is 17.2 Å². The summed E-state index contributed by atoms with van der Waals surface area (Å²) in [6.07, 6.45) is 1.73. The zero-order valence-electron chi connectivity index (χ0n) is 16.6. The molecule has 2 aromatic rings. The Balaban J connectivity index is 1.72.